The summed E-state index contributed by atoms with van der Waals surface area (Å²) in [5.74, 6) is 0. The van der Waals surface area contributed by atoms with Gasteiger partial charge in [-0.25, -0.2) is 4.98 Å². The Hall–Kier alpha value is -1.18. The maximum absolute atomic E-state index is 4.53. The number of hydrogen-bond donors (Lipinski definition) is 0. The smallest absolute Gasteiger partial charge is 0.0842 e. The average Bonchev–Trinajstić information content (AvgIpc) is 2.18. The number of hydrogen-bond acceptors (Lipinski definition) is 2. The molecule has 2 heteroatoms. The minimum absolute atomic E-state index is 0.956. The van der Waals surface area contributed by atoms with E-state index in [9.17, 15) is 0 Å². The van der Waals surface area contributed by atoms with Gasteiger partial charge in [0.1, 0.15) is 0 Å². The Labute approximate surface area is 86.1 Å². The van der Waals surface area contributed by atoms with Gasteiger partial charge in [-0.3, -0.25) is 4.98 Å². The predicted molar refractivity (Wildman–Crippen MR) is 60.2 cm³/mol. The summed E-state index contributed by atoms with van der Waals surface area (Å²) >= 11 is 0. The molecule has 76 valence electrons. The van der Waals surface area contributed by atoms with Crippen molar-refractivity contribution in [3.8, 4) is 0 Å². The molecule has 0 atom stereocenters. The first-order valence-corrected chi connectivity index (χ1v) is 5.19. The van der Waals surface area contributed by atoms with Gasteiger partial charge in [0.05, 0.1) is 22.8 Å². The van der Waals surface area contributed by atoms with E-state index in [1.54, 1.807) is 0 Å². The molecule has 0 aliphatic carbocycles. The van der Waals surface area contributed by atoms with Crippen molar-refractivity contribution in [2.24, 2.45) is 0 Å². The zero-order valence-corrected chi connectivity index (χ0v) is 9.46. The lowest BCUT2D eigenvalue weighted by molar-refractivity contribution is 0.923. The quantitative estimate of drug-likeness (QED) is 0.732. The summed E-state index contributed by atoms with van der Waals surface area (Å²) in [5.41, 5.74) is 4.18. The molecule has 0 unspecified atom stereocenters. The van der Waals surface area contributed by atoms with Gasteiger partial charge in [0, 0.05) is 0 Å². The van der Waals surface area contributed by atoms with Crippen LogP contribution in [0.1, 0.15) is 43.0 Å². The van der Waals surface area contributed by atoms with E-state index in [2.05, 4.69) is 36.0 Å². The summed E-state index contributed by atoms with van der Waals surface area (Å²) in [4.78, 5) is 9.06. The lowest BCUT2D eigenvalue weighted by Crippen LogP contribution is -2.01. The van der Waals surface area contributed by atoms with Gasteiger partial charge in [-0.15, -0.1) is 0 Å². The normalized spacial score (nSPS) is 11.1. The molecule has 0 aliphatic heterocycles. The van der Waals surface area contributed by atoms with Crippen molar-refractivity contribution >= 4 is 6.08 Å². The minimum Gasteiger partial charge on any atom is -0.254 e. The molecule has 1 rings (SSSR count). The fraction of sp³-hybridized carbons (Fsp3) is 0.500. The molecule has 0 aromatic carbocycles. The Bertz CT molecular complexity index is 340. The molecule has 14 heavy (non-hydrogen) atoms. The molecule has 0 saturated carbocycles. The Morgan fingerprint density at radius 2 is 1.79 bits per heavy atom. The standard InChI is InChI=1S/C12H18N2/c1-5-7-8-12-10(4)13-11(6-2)9(3)14-12/h7-8H,5-6H2,1-4H3/b8-7-. The van der Waals surface area contributed by atoms with Crippen LogP contribution in [0.25, 0.3) is 6.08 Å². The highest BCUT2D eigenvalue weighted by Crippen LogP contribution is 2.10. The number of allylic oxidation sites excluding steroid dienone is 1. The fourth-order valence-electron chi connectivity index (χ4n) is 1.39. The number of rotatable bonds is 3. The van der Waals surface area contributed by atoms with Gasteiger partial charge in [-0.2, -0.15) is 0 Å². The molecule has 0 fully saturated rings. The van der Waals surface area contributed by atoms with Crippen LogP contribution in [0.15, 0.2) is 6.08 Å². The van der Waals surface area contributed by atoms with Crippen molar-refractivity contribution < 1.29 is 0 Å². The van der Waals surface area contributed by atoms with Crippen LogP contribution < -0.4 is 0 Å². The molecule has 0 radical (unpaired) electrons. The maximum Gasteiger partial charge on any atom is 0.0842 e. The van der Waals surface area contributed by atoms with E-state index in [-0.39, 0.29) is 0 Å². The van der Waals surface area contributed by atoms with Crippen LogP contribution in [0.2, 0.25) is 0 Å². The SMILES string of the molecule is CC/C=C\c1nc(C)c(CC)nc1C. The van der Waals surface area contributed by atoms with Crippen LogP contribution in [0.5, 0.6) is 0 Å². The van der Waals surface area contributed by atoms with Crippen molar-refractivity contribution in [3.05, 3.63) is 28.9 Å². The third-order valence-corrected chi connectivity index (χ3v) is 2.23. The molecule has 1 aromatic rings. The summed E-state index contributed by atoms with van der Waals surface area (Å²) in [6.07, 6.45) is 6.16. The highest BCUT2D eigenvalue weighted by atomic mass is 14.8. The third-order valence-electron chi connectivity index (χ3n) is 2.23. The van der Waals surface area contributed by atoms with Crippen LogP contribution in [0.4, 0.5) is 0 Å². The van der Waals surface area contributed by atoms with E-state index >= 15 is 0 Å². The fourth-order valence-corrected chi connectivity index (χ4v) is 1.39. The summed E-state index contributed by atoms with van der Waals surface area (Å²) in [6.45, 7) is 8.26. The molecule has 0 spiro atoms. The van der Waals surface area contributed by atoms with Gasteiger partial charge in [0.25, 0.3) is 0 Å². The Morgan fingerprint density at radius 1 is 1.07 bits per heavy atom. The summed E-state index contributed by atoms with van der Waals surface area (Å²) < 4.78 is 0. The lowest BCUT2D eigenvalue weighted by atomic mass is 10.2. The maximum atomic E-state index is 4.53. The van der Waals surface area contributed by atoms with E-state index in [0.29, 0.717) is 0 Å². The summed E-state index contributed by atoms with van der Waals surface area (Å²) in [7, 11) is 0. The third kappa shape index (κ3) is 2.41. The van der Waals surface area contributed by atoms with Gasteiger partial charge in [0.2, 0.25) is 0 Å². The van der Waals surface area contributed by atoms with E-state index in [0.717, 1.165) is 35.6 Å². The molecular weight excluding hydrogens is 172 g/mol. The monoisotopic (exact) mass is 190 g/mol. The Balaban J connectivity index is 3.08. The first-order valence-electron chi connectivity index (χ1n) is 5.19. The van der Waals surface area contributed by atoms with Crippen molar-refractivity contribution in [2.75, 3.05) is 0 Å². The van der Waals surface area contributed by atoms with Gasteiger partial charge < -0.3 is 0 Å². The Morgan fingerprint density at radius 3 is 2.36 bits per heavy atom. The van der Waals surface area contributed by atoms with Gasteiger partial charge in [-0.1, -0.05) is 19.9 Å². The van der Waals surface area contributed by atoms with Gasteiger partial charge in [-0.05, 0) is 32.8 Å². The number of aryl methyl sites for hydroxylation is 3. The lowest BCUT2D eigenvalue weighted by Gasteiger charge is -2.05. The van der Waals surface area contributed by atoms with E-state index in [1.807, 2.05) is 13.8 Å². The van der Waals surface area contributed by atoms with Crippen LogP contribution in [0, 0.1) is 13.8 Å². The zero-order chi connectivity index (χ0) is 10.6. The summed E-state index contributed by atoms with van der Waals surface area (Å²) in [5, 5.41) is 0. The first-order chi connectivity index (χ1) is 6.69. The summed E-state index contributed by atoms with van der Waals surface area (Å²) in [6, 6.07) is 0. The topological polar surface area (TPSA) is 25.8 Å². The van der Waals surface area contributed by atoms with Crippen molar-refractivity contribution in [2.45, 2.75) is 40.5 Å². The van der Waals surface area contributed by atoms with Crippen molar-refractivity contribution in [1.29, 1.82) is 0 Å². The molecule has 0 saturated heterocycles. The van der Waals surface area contributed by atoms with Crippen LogP contribution in [-0.4, -0.2) is 9.97 Å². The average molecular weight is 190 g/mol. The number of nitrogens with zero attached hydrogens (tertiary/aromatic N) is 2. The highest BCUT2D eigenvalue weighted by molar-refractivity contribution is 5.47. The predicted octanol–water partition coefficient (Wildman–Crippen LogP) is 3.08. The molecule has 0 aliphatic rings. The molecule has 1 heterocycles. The van der Waals surface area contributed by atoms with Crippen LogP contribution in [0.3, 0.4) is 0 Å². The van der Waals surface area contributed by atoms with Gasteiger partial charge in [0.15, 0.2) is 0 Å². The van der Waals surface area contributed by atoms with Gasteiger partial charge >= 0.3 is 0 Å². The second kappa shape index (κ2) is 4.89. The van der Waals surface area contributed by atoms with Crippen LogP contribution in [-0.2, 0) is 6.42 Å². The molecular formula is C12H18N2. The van der Waals surface area contributed by atoms with E-state index in [1.165, 1.54) is 0 Å². The molecule has 0 bridgehead atoms. The second-order valence-electron chi connectivity index (χ2n) is 3.39. The first kappa shape index (κ1) is 10.9. The van der Waals surface area contributed by atoms with Crippen molar-refractivity contribution in [1.82, 2.24) is 9.97 Å². The minimum atomic E-state index is 0.956. The molecule has 0 N–H and O–H groups in total. The highest BCUT2D eigenvalue weighted by Gasteiger charge is 2.03. The second-order valence-corrected chi connectivity index (χ2v) is 3.39. The van der Waals surface area contributed by atoms with E-state index < -0.39 is 0 Å². The largest absolute Gasteiger partial charge is 0.254 e. The Kier molecular flexibility index (Phi) is 3.81. The zero-order valence-electron chi connectivity index (χ0n) is 9.46. The molecule has 0 amide bonds. The molecule has 2 nitrogen and oxygen atoms in total. The molecule has 1 aromatic heterocycles. The number of aromatic nitrogens is 2. The van der Waals surface area contributed by atoms with Crippen LogP contribution >= 0.6 is 0 Å². The van der Waals surface area contributed by atoms with E-state index in [4.69, 9.17) is 0 Å². The van der Waals surface area contributed by atoms with Crippen molar-refractivity contribution in [3.63, 3.8) is 0 Å².